The van der Waals surface area contributed by atoms with Crippen molar-refractivity contribution in [1.29, 1.82) is 0 Å². The van der Waals surface area contributed by atoms with E-state index < -0.39 is 5.97 Å². The summed E-state index contributed by atoms with van der Waals surface area (Å²) in [6, 6.07) is 0. The Balaban J connectivity index is 2.11. The molecule has 1 aromatic rings. The molecule has 1 unspecified atom stereocenters. The molecule has 1 aromatic heterocycles. The van der Waals surface area contributed by atoms with Gasteiger partial charge >= 0.3 is 5.97 Å². The number of aryl methyl sites for hydroxylation is 1. The highest BCUT2D eigenvalue weighted by molar-refractivity contribution is 5.89. The van der Waals surface area contributed by atoms with Crippen LogP contribution in [-0.2, 0) is 18.4 Å². The van der Waals surface area contributed by atoms with Crippen LogP contribution in [0.15, 0.2) is 6.20 Å². The highest BCUT2D eigenvalue weighted by atomic mass is 16.4. The van der Waals surface area contributed by atoms with E-state index in [-0.39, 0.29) is 11.5 Å². The summed E-state index contributed by atoms with van der Waals surface area (Å²) in [7, 11) is 1.70. The number of nitrogens with zero attached hydrogens (tertiary/aromatic N) is 3. The molecule has 1 aliphatic heterocycles. The van der Waals surface area contributed by atoms with Gasteiger partial charge in [-0.3, -0.25) is 9.48 Å². The number of carboxylic acid groups (broad SMARTS) is 1. The molecule has 6 nitrogen and oxygen atoms in total. The average molecular weight is 265 g/mol. The van der Waals surface area contributed by atoms with Crippen molar-refractivity contribution in [2.24, 2.45) is 13.0 Å². The SMILES string of the molecule is CCCC1CC(=O)N(Cc2c(C(=O)O)cnn2C)C1. The summed E-state index contributed by atoms with van der Waals surface area (Å²) >= 11 is 0. The molecular formula is C13H19N3O3. The van der Waals surface area contributed by atoms with Crippen molar-refractivity contribution in [3.8, 4) is 0 Å². The van der Waals surface area contributed by atoms with E-state index in [1.807, 2.05) is 0 Å². The van der Waals surface area contributed by atoms with Gasteiger partial charge in [0.05, 0.1) is 18.4 Å². The smallest absolute Gasteiger partial charge is 0.339 e. The maximum absolute atomic E-state index is 11.9. The Morgan fingerprint density at radius 2 is 2.32 bits per heavy atom. The molecule has 1 fully saturated rings. The molecule has 1 N–H and O–H groups in total. The lowest BCUT2D eigenvalue weighted by molar-refractivity contribution is -0.128. The molecule has 6 heteroatoms. The summed E-state index contributed by atoms with van der Waals surface area (Å²) in [4.78, 5) is 24.8. The summed E-state index contributed by atoms with van der Waals surface area (Å²) < 4.78 is 1.53. The van der Waals surface area contributed by atoms with Gasteiger partial charge in [-0.1, -0.05) is 13.3 Å². The largest absolute Gasteiger partial charge is 0.478 e. The molecule has 104 valence electrons. The van der Waals surface area contributed by atoms with Gasteiger partial charge in [0.25, 0.3) is 0 Å². The van der Waals surface area contributed by atoms with Crippen LogP contribution in [0.25, 0.3) is 0 Å². The first-order chi connectivity index (χ1) is 9.02. The molecule has 2 rings (SSSR count). The van der Waals surface area contributed by atoms with Gasteiger partial charge in [0.15, 0.2) is 0 Å². The van der Waals surface area contributed by atoms with Crippen LogP contribution in [0.5, 0.6) is 0 Å². The molecule has 1 amide bonds. The standard InChI is InChI=1S/C13H19N3O3/c1-3-4-9-5-12(17)16(7-9)8-11-10(13(18)19)6-14-15(11)2/h6,9H,3-5,7-8H2,1-2H3,(H,18,19). The third kappa shape index (κ3) is 2.77. The molecule has 1 saturated heterocycles. The van der Waals surface area contributed by atoms with Gasteiger partial charge in [-0.05, 0) is 12.3 Å². The van der Waals surface area contributed by atoms with Gasteiger partial charge in [-0.25, -0.2) is 4.79 Å². The minimum absolute atomic E-state index is 0.107. The lowest BCUT2D eigenvalue weighted by Crippen LogP contribution is -2.26. The molecule has 0 bridgehead atoms. The first kappa shape index (κ1) is 13.6. The Hall–Kier alpha value is -1.85. The Labute approximate surface area is 112 Å². The first-order valence-corrected chi connectivity index (χ1v) is 6.54. The van der Waals surface area contributed by atoms with Crippen molar-refractivity contribution in [2.75, 3.05) is 6.54 Å². The summed E-state index contributed by atoms with van der Waals surface area (Å²) in [6.07, 6.45) is 4.02. The summed E-state index contributed by atoms with van der Waals surface area (Å²) in [5.74, 6) is -0.491. The number of likely N-dealkylation sites (tertiary alicyclic amines) is 1. The van der Waals surface area contributed by atoms with Crippen LogP contribution in [-0.4, -0.2) is 38.2 Å². The molecule has 19 heavy (non-hydrogen) atoms. The fourth-order valence-electron chi connectivity index (χ4n) is 2.62. The predicted molar refractivity (Wildman–Crippen MR) is 68.6 cm³/mol. The monoisotopic (exact) mass is 265 g/mol. The topological polar surface area (TPSA) is 75.4 Å². The maximum atomic E-state index is 11.9. The Kier molecular flexibility index (Phi) is 3.87. The van der Waals surface area contributed by atoms with Crippen molar-refractivity contribution < 1.29 is 14.7 Å². The number of carboxylic acids is 1. The number of rotatable bonds is 5. The van der Waals surface area contributed by atoms with E-state index in [0.29, 0.717) is 24.6 Å². The normalized spacial score (nSPS) is 19.2. The number of hydrogen-bond acceptors (Lipinski definition) is 3. The van der Waals surface area contributed by atoms with Gasteiger partial charge in [0.2, 0.25) is 5.91 Å². The van der Waals surface area contributed by atoms with Crippen LogP contribution in [0.1, 0.15) is 42.2 Å². The number of carbonyl (C=O) groups excluding carboxylic acids is 1. The van der Waals surface area contributed by atoms with E-state index in [4.69, 9.17) is 5.11 Å². The lowest BCUT2D eigenvalue weighted by Gasteiger charge is -2.17. The van der Waals surface area contributed by atoms with Crippen LogP contribution in [0.2, 0.25) is 0 Å². The van der Waals surface area contributed by atoms with E-state index >= 15 is 0 Å². The highest BCUT2D eigenvalue weighted by Gasteiger charge is 2.30. The zero-order chi connectivity index (χ0) is 14.0. The zero-order valence-corrected chi connectivity index (χ0v) is 11.3. The second-order valence-corrected chi connectivity index (χ2v) is 5.07. The van der Waals surface area contributed by atoms with Gasteiger partial charge in [0.1, 0.15) is 5.56 Å². The number of carbonyl (C=O) groups is 2. The van der Waals surface area contributed by atoms with Crippen LogP contribution in [0, 0.1) is 5.92 Å². The highest BCUT2D eigenvalue weighted by Crippen LogP contribution is 2.24. The maximum Gasteiger partial charge on any atom is 0.339 e. The predicted octanol–water partition coefficient (Wildman–Crippen LogP) is 1.27. The molecule has 0 saturated carbocycles. The second-order valence-electron chi connectivity index (χ2n) is 5.07. The second kappa shape index (κ2) is 5.42. The van der Waals surface area contributed by atoms with Gasteiger partial charge in [-0.2, -0.15) is 5.10 Å². The lowest BCUT2D eigenvalue weighted by atomic mass is 10.0. The van der Waals surface area contributed by atoms with Crippen LogP contribution in [0.4, 0.5) is 0 Å². The Morgan fingerprint density at radius 1 is 1.58 bits per heavy atom. The van der Waals surface area contributed by atoms with E-state index in [9.17, 15) is 9.59 Å². The summed E-state index contributed by atoms with van der Waals surface area (Å²) in [5.41, 5.74) is 0.757. The summed E-state index contributed by atoms with van der Waals surface area (Å²) in [5, 5.41) is 13.1. The molecule has 2 heterocycles. The van der Waals surface area contributed by atoms with E-state index in [1.54, 1.807) is 11.9 Å². The van der Waals surface area contributed by atoms with Crippen LogP contribution in [0.3, 0.4) is 0 Å². The molecule has 0 radical (unpaired) electrons. The molecular weight excluding hydrogens is 246 g/mol. The number of aromatic carboxylic acids is 1. The Morgan fingerprint density at radius 3 is 2.95 bits per heavy atom. The minimum Gasteiger partial charge on any atom is -0.478 e. The average Bonchev–Trinajstić information content (AvgIpc) is 2.86. The van der Waals surface area contributed by atoms with Crippen molar-refractivity contribution in [3.63, 3.8) is 0 Å². The van der Waals surface area contributed by atoms with Crippen molar-refractivity contribution >= 4 is 11.9 Å². The van der Waals surface area contributed by atoms with Gasteiger partial charge in [0, 0.05) is 20.0 Å². The third-order valence-electron chi connectivity index (χ3n) is 3.62. The molecule has 0 spiro atoms. The van der Waals surface area contributed by atoms with Crippen molar-refractivity contribution in [1.82, 2.24) is 14.7 Å². The molecule has 1 atom stereocenters. The third-order valence-corrected chi connectivity index (χ3v) is 3.62. The fourth-order valence-corrected chi connectivity index (χ4v) is 2.62. The molecule has 1 aliphatic rings. The number of hydrogen-bond donors (Lipinski definition) is 1. The van der Waals surface area contributed by atoms with Gasteiger partial charge in [-0.15, -0.1) is 0 Å². The van der Waals surface area contributed by atoms with E-state index in [1.165, 1.54) is 10.9 Å². The molecule has 0 aromatic carbocycles. The van der Waals surface area contributed by atoms with Gasteiger partial charge < -0.3 is 10.0 Å². The fraction of sp³-hybridized carbons (Fsp3) is 0.615. The Bertz CT molecular complexity index is 495. The molecule has 0 aliphatic carbocycles. The zero-order valence-electron chi connectivity index (χ0n) is 11.3. The minimum atomic E-state index is -1.00. The van der Waals surface area contributed by atoms with E-state index in [0.717, 1.165) is 19.4 Å². The first-order valence-electron chi connectivity index (χ1n) is 6.54. The van der Waals surface area contributed by atoms with Crippen LogP contribution >= 0.6 is 0 Å². The number of aromatic nitrogens is 2. The van der Waals surface area contributed by atoms with Crippen LogP contribution < -0.4 is 0 Å². The van der Waals surface area contributed by atoms with Crippen molar-refractivity contribution in [3.05, 3.63) is 17.5 Å². The summed E-state index contributed by atoms with van der Waals surface area (Å²) in [6.45, 7) is 3.16. The quantitative estimate of drug-likeness (QED) is 0.869. The van der Waals surface area contributed by atoms with Crippen molar-refractivity contribution in [2.45, 2.75) is 32.7 Å². The van der Waals surface area contributed by atoms with E-state index in [2.05, 4.69) is 12.0 Å². The number of amides is 1.